The van der Waals surface area contributed by atoms with E-state index in [1.54, 1.807) is 0 Å². The molecule has 0 aliphatic carbocycles. The molecular formula is C34H67NaO4S. The molecule has 6 heteroatoms. The average molecular weight is 595 g/mol. The minimum absolute atomic E-state index is 0. The van der Waals surface area contributed by atoms with Crippen LogP contribution in [-0.2, 0) is 14.6 Å². The first-order valence-electron chi connectivity index (χ1n) is 17.3. The Bertz CT molecular complexity index is 609. The molecule has 40 heavy (non-hydrogen) atoms. The summed E-state index contributed by atoms with van der Waals surface area (Å²) >= 11 is 0. The van der Waals surface area contributed by atoms with E-state index in [0.717, 1.165) is 19.3 Å². The fraction of sp³-hybridized carbons (Fsp3) is 0.941. The van der Waals surface area contributed by atoms with E-state index in [9.17, 15) is 13.0 Å². The van der Waals surface area contributed by atoms with Gasteiger partial charge < -0.3 is 4.55 Å². The third-order valence-corrected chi connectivity index (χ3v) is 8.41. The van der Waals surface area contributed by atoms with Gasteiger partial charge in [0.15, 0.2) is 0 Å². The first-order valence-corrected chi connectivity index (χ1v) is 18.6. The number of hydrogen-bond donors (Lipinski definition) is 0. The molecule has 0 aliphatic heterocycles. The molecule has 0 bridgehead atoms. The molecule has 0 fully saturated rings. The quantitative estimate of drug-likeness (QED) is 0.0257. The van der Waals surface area contributed by atoms with Gasteiger partial charge in [-0.3, -0.25) is 4.18 Å². The minimum atomic E-state index is -4.62. The zero-order chi connectivity index (χ0) is 28.7. The fourth-order valence-corrected chi connectivity index (χ4v) is 5.74. The number of rotatable bonds is 32. The molecule has 0 rings (SSSR count). The van der Waals surface area contributed by atoms with Crippen LogP contribution < -0.4 is 29.6 Å². The van der Waals surface area contributed by atoms with E-state index in [0.29, 0.717) is 0 Å². The van der Waals surface area contributed by atoms with Gasteiger partial charge in [0, 0.05) is 5.92 Å². The molecule has 0 amide bonds. The Morgan fingerprint density at radius 1 is 0.550 bits per heavy atom. The number of allylic oxidation sites excluding steroid dienone is 1. The maximum atomic E-state index is 10.9. The van der Waals surface area contributed by atoms with Crippen molar-refractivity contribution in [3.63, 3.8) is 0 Å². The van der Waals surface area contributed by atoms with E-state index in [4.69, 9.17) is 0 Å². The second-order valence-electron chi connectivity index (χ2n) is 11.9. The first kappa shape index (κ1) is 42.7. The van der Waals surface area contributed by atoms with Crippen LogP contribution in [0, 0.1) is 5.92 Å². The number of hydrogen-bond acceptors (Lipinski definition) is 4. The smallest absolute Gasteiger partial charge is 0.726 e. The first-order chi connectivity index (χ1) is 19.0. The van der Waals surface area contributed by atoms with E-state index < -0.39 is 10.4 Å². The van der Waals surface area contributed by atoms with Crippen LogP contribution in [0.4, 0.5) is 0 Å². The SMILES string of the molecule is CCCCCCCCCCCCCCCCCCCC/C=C/C(CCCCCCCCCC)COS(=O)(=O)[O-].[Na+]. The van der Waals surface area contributed by atoms with Crippen LogP contribution in [0.25, 0.3) is 0 Å². The Morgan fingerprint density at radius 2 is 0.875 bits per heavy atom. The van der Waals surface area contributed by atoms with Gasteiger partial charge in [0.05, 0.1) is 6.61 Å². The molecule has 1 atom stereocenters. The summed E-state index contributed by atoms with van der Waals surface area (Å²) in [5, 5.41) is 0. The molecule has 0 spiro atoms. The van der Waals surface area contributed by atoms with E-state index >= 15 is 0 Å². The summed E-state index contributed by atoms with van der Waals surface area (Å²) in [5.41, 5.74) is 0. The van der Waals surface area contributed by atoms with Crippen LogP contribution in [0.1, 0.15) is 194 Å². The van der Waals surface area contributed by atoms with Crippen molar-refractivity contribution in [2.45, 2.75) is 194 Å². The van der Waals surface area contributed by atoms with Crippen molar-refractivity contribution in [3.8, 4) is 0 Å². The zero-order valence-electron chi connectivity index (χ0n) is 27.3. The average Bonchev–Trinajstić information content (AvgIpc) is 2.91. The van der Waals surface area contributed by atoms with Gasteiger partial charge in [-0.2, -0.15) is 0 Å². The molecule has 0 aliphatic rings. The van der Waals surface area contributed by atoms with Crippen LogP contribution in [0.15, 0.2) is 12.2 Å². The van der Waals surface area contributed by atoms with Crippen LogP contribution >= 0.6 is 0 Å². The minimum Gasteiger partial charge on any atom is -0.726 e. The maximum absolute atomic E-state index is 10.9. The Labute approximate surface area is 273 Å². The van der Waals surface area contributed by atoms with E-state index in [-0.39, 0.29) is 42.1 Å². The molecule has 0 N–H and O–H groups in total. The summed E-state index contributed by atoms with van der Waals surface area (Å²) in [7, 11) is -4.62. The van der Waals surface area contributed by atoms with Crippen LogP contribution in [0.2, 0.25) is 0 Å². The summed E-state index contributed by atoms with van der Waals surface area (Å²) in [6.07, 6.45) is 41.1. The van der Waals surface area contributed by atoms with Gasteiger partial charge in [0.2, 0.25) is 10.4 Å². The summed E-state index contributed by atoms with van der Waals surface area (Å²) < 4.78 is 37.3. The molecule has 0 aromatic carbocycles. The van der Waals surface area contributed by atoms with Crippen LogP contribution in [-0.4, -0.2) is 19.6 Å². The second kappa shape index (κ2) is 34.1. The van der Waals surface area contributed by atoms with Crippen molar-refractivity contribution in [2.24, 2.45) is 5.92 Å². The van der Waals surface area contributed by atoms with Crippen molar-refractivity contribution in [1.29, 1.82) is 0 Å². The molecule has 0 aromatic heterocycles. The molecule has 234 valence electrons. The van der Waals surface area contributed by atoms with Crippen molar-refractivity contribution >= 4 is 10.4 Å². The molecule has 0 radical (unpaired) electrons. The predicted octanol–water partition coefficient (Wildman–Crippen LogP) is 8.60. The van der Waals surface area contributed by atoms with Gasteiger partial charge in [0.25, 0.3) is 0 Å². The Morgan fingerprint density at radius 3 is 1.23 bits per heavy atom. The van der Waals surface area contributed by atoms with Gasteiger partial charge in [-0.25, -0.2) is 8.42 Å². The topological polar surface area (TPSA) is 66.4 Å². The molecule has 0 aromatic rings. The normalized spacial score (nSPS) is 12.7. The van der Waals surface area contributed by atoms with Gasteiger partial charge in [-0.15, -0.1) is 0 Å². The van der Waals surface area contributed by atoms with Gasteiger partial charge in [-0.1, -0.05) is 187 Å². The Hall–Kier alpha value is 0.610. The molecule has 0 saturated heterocycles. The Balaban J connectivity index is 0. The maximum Gasteiger partial charge on any atom is 1.00 e. The monoisotopic (exact) mass is 594 g/mol. The largest absolute Gasteiger partial charge is 1.00 e. The molecule has 0 heterocycles. The van der Waals surface area contributed by atoms with Crippen LogP contribution in [0.3, 0.4) is 0 Å². The summed E-state index contributed by atoms with van der Waals surface area (Å²) in [6.45, 7) is 4.50. The molecule has 1 unspecified atom stereocenters. The number of unbranched alkanes of at least 4 members (excludes halogenated alkanes) is 25. The predicted molar refractivity (Wildman–Crippen MR) is 169 cm³/mol. The molecular weight excluding hydrogens is 527 g/mol. The van der Waals surface area contributed by atoms with Crippen LogP contribution in [0.5, 0.6) is 0 Å². The van der Waals surface area contributed by atoms with Crippen molar-refractivity contribution < 1.29 is 46.7 Å². The van der Waals surface area contributed by atoms with E-state index in [1.165, 1.54) is 161 Å². The summed E-state index contributed by atoms with van der Waals surface area (Å²) in [4.78, 5) is 0. The van der Waals surface area contributed by atoms with Gasteiger partial charge in [0.1, 0.15) is 0 Å². The van der Waals surface area contributed by atoms with Crippen molar-refractivity contribution in [2.75, 3.05) is 6.61 Å². The van der Waals surface area contributed by atoms with Crippen molar-refractivity contribution in [1.82, 2.24) is 0 Å². The zero-order valence-corrected chi connectivity index (χ0v) is 30.1. The third-order valence-electron chi connectivity index (χ3n) is 7.99. The summed E-state index contributed by atoms with van der Waals surface area (Å²) in [5.74, 6) is 0.0179. The molecule has 0 saturated carbocycles. The molecule has 4 nitrogen and oxygen atoms in total. The van der Waals surface area contributed by atoms with E-state index in [2.05, 4.69) is 30.2 Å². The van der Waals surface area contributed by atoms with Gasteiger partial charge >= 0.3 is 29.6 Å². The van der Waals surface area contributed by atoms with Crippen molar-refractivity contribution in [3.05, 3.63) is 12.2 Å². The fourth-order valence-electron chi connectivity index (χ4n) is 5.40. The third kappa shape index (κ3) is 36.6. The summed E-state index contributed by atoms with van der Waals surface area (Å²) in [6, 6.07) is 0. The van der Waals surface area contributed by atoms with Gasteiger partial charge in [-0.05, 0) is 19.3 Å². The van der Waals surface area contributed by atoms with E-state index in [1.807, 2.05) is 0 Å². The Kier molecular flexibility index (Phi) is 36.4. The second-order valence-corrected chi connectivity index (χ2v) is 13.0. The standard InChI is InChI=1S/C34H68O4S.Na/c1-3-5-7-9-11-13-14-15-16-17-18-19-20-21-22-23-24-26-28-30-32-34(33-38-39(35,36)37)31-29-27-25-12-10-8-6-4-2;/h30,32,34H,3-29,31,33H2,1-2H3,(H,35,36,37);/q;+1/p-1/b32-30+;.